The Morgan fingerprint density at radius 1 is 1.08 bits per heavy atom. The zero-order valence-electron chi connectivity index (χ0n) is 22.5. The van der Waals surface area contributed by atoms with E-state index in [1.54, 1.807) is 13.0 Å². The molecule has 1 aliphatic carbocycles. The van der Waals surface area contributed by atoms with Gasteiger partial charge in [0.05, 0.1) is 12.2 Å². The Kier molecular flexibility index (Phi) is 8.56. The molecule has 0 aromatic heterocycles. The second-order valence-electron chi connectivity index (χ2n) is 10.6. The van der Waals surface area contributed by atoms with Crippen molar-refractivity contribution in [1.29, 1.82) is 0 Å². The fourth-order valence-corrected chi connectivity index (χ4v) is 5.98. The summed E-state index contributed by atoms with van der Waals surface area (Å²) < 4.78 is 35.2. The third-order valence-electron chi connectivity index (χ3n) is 8.24. The summed E-state index contributed by atoms with van der Waals surface area (Å²) in [4.78, 5) is 15.2. The maximum atomic E-state index is 15.4. The van der Waals surface area contributed by atoms with Crippen molar-refractivity contribution >= 4 is 5.91 Å². The number of rotatable bonds is 9. The normalized spacial score (nSPS) is 18.9. The number of hydrogen-bond acceptors (Lipinski definition) is 3. The molecule has 0 radical (unpaired) electrons. The second kappa shape index (κ2) is 12.3. The molecule has 1 saturated heterocycles. The number of ether oxygens (including phenoxy) is 1. The topological polar surface area (TPSA) is 41.6 Å². The van der Waals surface area contributed by atoms with E-state index in [1.807, 2.05) is 36.4 Å². The number of fused-ring (bicyclic) bond motifs is 1. The minimum atomic E-state index is -0.847. The quantitative estimate of drug-likeness (QED) is 0.311. The molecule has 39 heavy (non-hydrogen) atoms. The number of likely N-dealkylation sites (tertiary alicyclic amines) is 1. The van der Waals surface area contributed by atoms with Crippen molar-refractivity contribution in [1.82, 2.24) is 10.2 Å². The molecule has 6 heteroatoms. The zero-order valence-corrected chi connectivity index (χ0v) is 22.5. The van der Waals surface area contributed by atoms with E-state index < -0.39 is 18.1 Å². The molecule has 0 saturated carbocycles. The van der Waals surface area contributed by atoms with Crippen molar-refractivity contribution in [2.75, 3.05) is 39.5 Å². The van der Waals surface area contributed by atoms with E-state index >= 15 is 4.39 Å². The van der Waals surface area contributed by atoms with Gasteiger partial charge in [0.2, 0.25) is 5.91 Å². The first-order chi connectivity index (χ1) is 19.0. The largest absolute Gasteiger partial charge is 0.365 e. The van der Waals surface area contributed by atoms with Gasteiger partial charge in [-0.1, -0.05) is 60.7 Å². The minimum absolute atomic E-state index is 0.0152. The molecule has 1 spiro atoms. The van der Waals surface area contributed by atoms with E-state index in [1.165, 1.54) is 0 Å². The highest BCUT2D eigenvalue weighted by atomic mass is 19.1. The predicted octanol–water partition coefficient (Wildman–Crippen LogP) is 6.18. The van der Waals surface area contributed by atoms with E-state index in [-0.39, 0.29) is 17.4 Å². The number of alkyl halides is 1. The Labute approximate surface area is 229 Å². The van der Waals surface area contributed by atoms with Gasteiger partial charge in [-0.15, -0.1) is 5.73 Å². The van der Waals surface area contributed by atoms with Crippen LogP contribution in [0.25, 0.3) is 0 Å². The second-order valence-corrected chi connectivity index (χ2v) is 10.6. The highest BCUT2D eigenvalue weighted by Gasteiger charge is 2.46. The fourth-order valence-electron chi connectivity index (χ4n) is 5.98. The van der Waals surface area contributed by atoms with Gasteiger partial charge < -0.3 is 15.0 Å². The Morgan fingerprint density at radius 2 is 1.72 bits per heavy atom. The fraction of sp³-hybridized carbons (Fsp3) is 0.394. The summed E-state index contributed by atoms with van der Waals surface area (Å²) in [5.41, 5.74) is 6.49. The minimum Gasteiger partial charge on any atom is -0.365 e. The van der Waals surface area contributed by atoms with Gasteiger partial charge in [0.25, 0.3) is 0 Å². The molecule has 0 bridgehead atoms. The molecule has 0 atom stereocenters. The average Bonchev–Trinajstić information content (AvgIpc) is 3.26. The molecule has 3 aliphatic rings. The zero-order chi connectivity index (χ0) is 27.2. The van der Waals surface area contributed by atoms with Crippen LogP contribution in [-0.4, -0.2) is 55.9 Å². The summed E-state index contributed by atoms with van der Waals surface area (Å²) in [6.45, 7) is 4.17. The van der Waals surface area contributed by atoms with E-state index in [9.17, 15) is 9.18 Å². The lowest BCUT2D eigenvalue weighted by Crippen LogP contribution is -2.46. The summed E-state index contributed by atoms with van der Waals surface area (Å²) in [6, 6.07) is 20.3. The number of halogens is 2. The summed E-state index contributed by atoms with van der Waals surface area (Å²) in [6.07, 6.45) is 4.32. The number of nitrogens with one attached hydrogen (secondary N) is 1. The van der Waals surface area contributed by atoms with Gasteiger partial charge >= 0.3 is 0 Å². The van der Waals surface area contributed by atoms with Crippen LogP contribution in [-0.2, 0) is 9.53 Å². The summed E-state index contributed by atoms with van der Waals surface area (Å²) in [5, 5.41) is 3.10. The van der Waals surface area contributed by atoms with Crippen LogP contribution in [0.3, 0.4) is 0 Å². The number of allylic oxidation sites excluding steroid dienone is 1. The monoisotopic (exact) mass is 530 g/mol. The lowest BCUT2D eigenvalue weighted by atomic mass is 9.81. The summed E-state index contributed by atoms with van der Waals surface area (Å²) >= 11 is 0. The smallest absolute Gasteiger partial charge is 0.220 e. The number of carbonyl (C=O) groups excluding carboxylic acids is 1. The van der Waals surface area contributed by atoms with E-state index in [2.05, 4.69) is 40.2 Å². The first-order valence-electron chi connectivity index (χ1n) is 13.9. The standard InChI is InChI=1S/C33H36F2N2O2/c1-24-13-14-27-23-39-33(31(27)32(35)29(24)22-34)15-19-37(20-16-33)18-8-17-36-30(38)21-28(25-9-4-2-5-10-25)26-11-6-3-7-12-26/h2-7,9-12,14,28H,8,15-23H2,1H3,(H,36,38). The highest BCUT2D eigenvalue weighted by Crippen LogP contribution is 2.46. The number of amides is 1. The number of piperidine rings is 1. The molecule has 2 aromatic rings. The lowest BCUT2D eigenvalue weighted by molar-refractivity contribution is -0.121. The van der Waals surface area contributed by atoms with Gasteiger partial charge in [0.1, 0.15) is 12.5 Å². The van der Waals surface area contributed by atoms with Gasteiger partial charge in [-0.2, -0.15) is 0 Å². The van der Waals surface area contributed by atoms with Crippen molar-refractivity contribution in [3.8, 4) is 0 Å². The summed E-state index contributed by atoms with van der Waals surface area (Å²) in [7, 11) is 0. The first kappa shape index (κ1) is 27.3. The van der Waals surface area contributed by atoms with Crippen LogP contribution in [0.5, 0.6) is 0 Å². The van der Waals surface area contributed by atoms with E-state index in [0.717, 1.165) is 42.8 Å². The molecular weight excluding hydrogens is 494 g/mol. The maximum Gasteiger partial charge on any atom is 0.220 e. The average molecular weight is 531 g/mol. The Morgan fingerprint density at radius 3 is 2.33 bits per heavy atom. The number of carbonyl (C=O) groups is 1. The number of benzene rings is 2. The highest BCUT2D eigenvalue weighted by molar-refractivity contribution is 5.77. The Bertz CT molecular complexity index is 1260. The lowest BCUT2D eigenvalue weighted by Gasteiger charge is -2.40. The molecule has 1 amide bonds. The van der Waals surface area contributed by atoms with Gasteiger partial charge in [-0.05, 0) is 61.1 Å². The van der Waals surface area contributed by atoms with Crippen LogP contribution in [0.4, 0.5) is 8.78 Å². The van der Waals surface area contributed by atoms with Gasteiger partial charge in [-0.25, -0.2) is 8.78 Å². The van der Waals surface area contributed by atoms with Crippen LogP contribution in [0.2, 0.25) is 0 Å². The van der Waals surface area contributed by atoms with Gasteiger partial charge in [0, 0.05) is 43.1 Å². The summed E-state index contributed by atoms with van der Waals surface area (Å²) in [5.74, 6) is -0.411. The molecule has 2 heterocycles. The number of hydrogen-bond donors (Lipinski definition) is 1. The molecule has 1 fully saturated rings. The molecule has 2 aliphatic heterocycles. The maximum absolute atomic E-state index is 15.4. The predicted molar refractivity (Wildman–Crippen MR) is 150 cm³/mol. The molecule has 0 unspecified atom stereocenters. The van der Waals surface area contributed by atoms with Crippen molar-refractivity contribution in [3.05, 3.63) is 112 Å². The van der Waals surface area contributed by atoms with Crippen LogP contribution >= 0.6 is 0 Å². The molecule has 2 aromatic carbocycles. The van der Waals surface area contributed by atoms with Crippen molar-refractivity contribution in [3.63, 3.8) is 0 Å². The third kappa shape index (κ3) is 5.99. The molecule has 4 nitrogen and oxygen atoms in total. The molecular formula is C33H36F2N2O2. The van der Waals surface area contributed by atoms with Crippen molar-refractivity contribution in [2.24, 2.45) is 0 Å². The SMILES string of the molecule is CC1=C=CC2=C(C(F)=C1CF)C1(CCN(CCCNC(=O)CC(c3ccccc3)c3ccccc3)CC1)OC2. The Balaban J connectivity index is 1.11. The van der Waals surface area contributed by atoms with Crippen LogP contribution in [0, 0.1) is 0 Å². The Hall–Kier alpha value is -3.31. The number of nitrogens with zero attached hydrogens (tertiary/aromatic N) is 1. The molecule has 1 N–H and O–H groups in total. The third-order valence-corrected chi connectivity index (χ3v) is 8.24. The van der Waals surface area contributed by atoms with Gasteiger partial charge in [-0.3, -0.25) is 4.79 Å². The van der Waals surface area contributed by atoms with Gasteiger partial charge in [0.15, 0.2) is 0 Å². The van der Waals surface area contributed by atoms with E-state index in [4.69, 9.17) is 4.74 Å². The van der Waals surface area contributed by atoms with Crippen molar-refractivity contribution in [2.45, 2.75) is 44.1 Å². The van der Waals surface area contributed by atoms with Crippen LogP contribution in [0.15, 0.2) is 101 Å². The molecule has 204 valence electrons. The van der Waals surface area contributed by atoms with Crippen molar-refractivity contribution < 1.29 is 18.3 Å². The molecule has 5 rings (SSSR count). The van der Waals surface area contributed by atoms with Crippen LogP contribution in [0.1, 0.15) is 49.7 Å². The first-order valence-corrected chi connectivity index (χ1v) is 13.9. The van der Waals surface area contributed by atoms with E-state index in [0.29, 0.717) is 43.6 Å². The van der Waals surface area contributed by atoms with Crippen LogP contribution < -0.4 is 5.32 Å².